The lowest BCUT2D eigenvalue weighted by Crippen LogP contribution is -2.36. The van der Waals surface area contributed by atoms with E-state index in [4.69, 9.17) is 9.47 Å². The van der Waals surface area contributed by atoms with E-state index in [2.05, 4.69) is 10.3 Å². The molecule has 2 heterocycles. The van der Waals surface area contributed by atoms with Gasteiger partial charge < -0.3 is 9.47 Å². The lowest BCUT2D eigenvalue weighted by molar-refractivity contribution is -0.111. The van der Waals surface area contributed by atoms with E-state index in [1.165, 1.54) is 21.7 Å². The normalized spacial score (nSPS) is 14.6. The lowest BCUT2D eigenvalue weighted by atomic mass is 10.2. The quantitative estimate of drug-likeness (QED) is 0.669. The minimum Gasteiger partial charge on any atom is -0.493 e. The molecule has 1 aliphatic rings. The molecule has 1 aromatic heterocycles. The zero-order valence-corrected chi connectivity index (χ0v) is 18.1. The van der Waals surface area contributed by atoms with Crippen LogP contribution in [-0.2, 0) is 27.8 Å². The van der Waals surface area contributed by atoms with Crippen LogP contribution >= 0.6 is 11.3 Å². The van der Waals surface area contributed by atoms with Gasteiger partial charge in [0.15, 0.2) is 16.6 Å². The van der Waals surface area contributed by atoms with Crippen LogP contribution in [0.3, 0.4) is 0 Å². The van der Waals surface area contributed by atoms with Crippen molar-refractivity contribution >= 4 is 38.5 Å². The molecule has 0 unspecified atom stereocenters. The minimum absolute atomic E-state index is 0.0751. The SMILES string of the molecule is CCS(=O)(=O)N1CCc2nc(NC(=O)/C=C/c3ccc(OC)c(OC)c3)sc2C1. The fourth-order valence-corrected chi connectivity index (χ4v) is 5.09. The molecule has 0 radical (unpaired) electrons. The van der Waals surface area contributed by atoms with Crippen LogP contribution in [0, 0.1) is 0 Å². The van der Waals surface area contributed by atoms with Crippen molar-refractivity contribution in [2.24, 2.45) is 0 Å². The van der Waals surface area contributed by atoms with Gasteiger partial charge in [-0.3, -0.25) is 10.1 Å². The Labute approximate surface area is 174 Å². The van der Waals surface area contributed by atoms with Crippen LogP contribution in [0.15, 0.2) is 24.3 Å². The van der Waals surface area contributed by atoms with Gasteiger partial charge in [0.1, 0.15) is 0 Å². The van der Waals surface area contributed by atoms with Crippen LogP contribution in [0.2, 0.25) is 0 Å². The smallest absolute Gasteiger partial charge is 0.250 e. The number of fused-ring (bicyclic) bond motifs is 1. The van der Waals surface area contributed by atoms with Crippen LogP contribution in [0.4, 0.5) is 5.13 Å². The topological polar surface area (TPSA) is 97.8 Å². The number of methoxy groups -OCH3 is 2. The first-order chi connectivity index (χ1) is 13.9. The van der Waals surface area contributed by atoms with E-state index in [1.54, 1.807) is 39.4 Å². The molecule has 2 aromatic rings. The molecule has 0 saturated carbocycles. The molecule has 1 N–H and O–H groups in total. The Morgan fingerprint density at radius 2 is 2.07 bits per heavy atom. The molecule has 0 spiro atoms. The Balaban J connectivity index is 1.66. The van der Waals surface area contributed by atoms with Gasteiger partial charge >= 0.3 is 0 Å². The van der Waals surface area contributed by atoms with Crippen LogP contribution in [0.5, 0.6) is 11.5 Å². The predicted octanol–water partition coefficient (Wildman–Crippen LogP) is 2.52. The van der Waals surface area contributed by atoms with E-state index < -0.39 is 10.0 Å². The van der Waals surface area contributed by atoms with Crippen LogP contribution in [0.1, 0.15) is 23.1 Å². The summed E-state index contributed by atoms with van der Waals surface area (Å²) in [6, 6.07) is 5.35. The third-order valence-corrected chi connectivity index (χ3v) is 7.35. The first-order valence-corrected chi connectivity index (χ1v) is 11.5. The average Bonchev–Trinajstić information content (AvgIpc) is 3.13. The molecule has 1 aromatic carbocycles. The maximum absolute atomic E-state index is 12.3. The summed E-state index contributed by atoms with van der Waals surface area (Å²) >= 11 is 1.31. The van der Waals surface area contributed by atoms with Crippen LogP contribution < -0.4 is 14.8 Å². The number of ether oxygens (including phenoxy) is 2. The number of rotatable bonds is 7. The number of carbonyl (C=O) groups excluding carboxylic acids is 1. The zero-order chi connectivity index (χ0) is 21.0. The molecular weight excluding hydrogens is 414 g/mol. The highest BCUT2D eigenvalue weighted by molar-refractivity contribution is 7.89. The second-order valence-electron chi connectivity index (χ2n) is 6.31. The third kappa shape index (κ3) is 4.95. The number of sulfonamides is 1. The van der Waals surface area contributed by atoms with Crippen molar-refractivity contribution in [1.82, 2.24) is 9.29 Å². The third-order valence-electron chi connectivity index (χ3n) is 4.52. The maximum Gasteiger partial charge on any atom is 0.250 e. The zero-order valence-electron chi connectivity index (χ0n) is 16.5. The molecular formula is C19H23N3O5S2. The van der Waals surface area contributed by atoms with Crippen molar-refractivity contribution in [3.05, 3.63) is 40.4 Å². The Morgan fingerprint density at radius 1 is 1.31 bits per heavy atom. The molecule has 3 rings (SSSR count). The van der Waals surface area contributed by atoms with E-state index in [1.807, 2.05) is 6.07 Å². The fraction of sp³-hybridized carbons (Fsp3) is 0.368. The number of nitrogens with one attached hydrogen (secondary N) is 1. The van der Waals surface area contributed by atoms with Crippen molar-refractivity contribution in [1.29, 1.82) is 0 Å². The van der Waals surface area contributed by atoms with Crippen LogP contribution in [0.25, 0.3) is 6.08 Å². The van der Waals surface area contributed by atoms with Gasteiger partial charge in [-0.2, -0.15) is 4.31 Å². The lowest BCUT2D eigenvalue weighted by Gasteiger charge is -2.24. The summed E-state index contributed by atoms with van der Waals surface area (Å²) in [6.45, 7) is 2.36. The number of hydrogen-bond donors (Lipinski definition) is 1. The van der Waals surface area contributed by atoms with E-state index in [0.29, 0.717) is 36.1 Å². The van der Waals surface area contributed by atoms with Crippen molar-refractivity contribution in [3.63, 3.8) is 0 Å². The highest BCUT2D eigenvalue weighted by atomic mass is 32.2. The molecule has 0 atom stereocenters. The van der Waals surface area contributed by atoms with Gasteiger partial charge in [-0.05, 0) is 30.7 Å². The largest absolute Gasteiger partial charge is 0.493 e. The predicted molar refractivity (Wildman–Crippen MR) is 113 cm³/mol. The monoisotopic (exact) mass is 437 g/mol. The molecule has 1 amide bonds. The number of carbonyl (C=O) groups is 1. The van der Waals surface area contributed by atoms with E-state index in [9.17, 15) is 13.2 Å². The average molecular weight is 438 g/mol. The first kappa shape index (κ1) is 21.3. The number of aromatic nitrogens is 1. The number of benzene rings is 1. The van der Waals surface area contributed by atoms with Crippen molar-refractivity contribution in [2.45, 2.75) is 19.9 Å². The van der Waals surface area contributed by atoms with E-state index in [0.717, 1.165) is 16.1 Å². The Kier molecular flexibility index (Phi) is 6.56. The Morgan fingerprint density at radius 3 is 2.76 bits per heavy atom. The Bertz CT molecular complexity index is 1030. The molecule has 29 heavy (non-hydrogen) atoms. The second-order valence-corrected chi connectivity index (χ2v) is 9.65. The molecule has 10 heteroatoms. The summed E-state index contributed by atoms with van der Waals surface area (Å²) in [7, 11) is -0.122. The standard InChI is InChI=1S/C19H23N3O5S2/c1-4-29(24,25)22-10-9-14-17(12-22)28-19(20-14)21-18(23)8-6-13-5-7-15(26-2)16(11-13)27-3/h5-8,11H,4,9-10,12H2,1-3H3,(H,20,21,23)/b8-6+. The number of nitrogens with zero attached hydrogens (tertiary/aromatic N) is 2. The summed E-state index contributed by atoms with van der Waals surface area (Å²) in [6.07, 6.45) is 3.62. The molecule has 8 nitrogen and oxygen atoms in total. The van der Waals surface area contributed by atoms with E-state index >= 15 is 0 Å². The van der Waals surface area contributed by atoms with Crippen LogP contribution in [-0.4, -0.2) is 50.1 Å². The van der Waals surface area contributed by atoms with Crippen molar-refractivity contribution < 1.29 is 22.7 Å². The van der Waals surface area contributed by atoms with Gasteiger partial charge in [-0.1, -0.05) is 6.07 Å². The molecule has 0 aliphatic carbocycles. The number of hydrogen-bond acceptors (Lipinski definition) is 7. The highest BCUT2D eigenvalue weighted by Crippen LogP contribution is 2.30. The summed E-state index contributed by atoms with van der Waals surface area (Å²) in [5.41, 5.74) is 1.63. The van der Waals surface area contributed by atoms with Crippen molar-refractivity contribution in [2.75, 3.05) is 31.8 Å². The number of anilines is 1. The summed E-state index contributed by atoms with van der Waals surface area (Å²) in [4.78, 5) is 17.6. The molecule has 1 aliphatic heterocycles. The fourth-order valence-electron chi connectivity index (χ4n) is 2.92. The van der Waals surface area contributed by atoms with Gasteiger partial charge in [0.05, 0.1) is 25.7 Å². The van der Waals surface area contributed by atoms with Crippen molar-refractivity contribution in [3.8, 4) is 11.5 Å². The number of thiazole rings is 1. The van der Waals surface area contributed by atoms with Gasteiger partial charge in [0.25, 0.3) is 0 Å². The molecule has 156 valence electrons. The highest BCUT2D eigenvalue weighted by Gasteiger charge is 2.28. The molecule has 0 saturated heterocycles. The molecule has 0 bridgehead atoms. The van der Waals surface area contributed by atoms with Gasteiger partial charge in [0, 0.05) is 30.5 Å². The van der Waals surface area contributed by atoms with Gasteiger partial charge in [-0.25, -0.2) is 13.4 Å². The number of amides is 1. The summed E-state index contributed by atoms with van der Waals surface area (Å²) in [5, 5.41) is 3.21. The summed E-state index contributed by atoms with van der Waals surface area (Å²) < 4.78 is 36.1. The Hall–Kier alpha value is -2.43. The summed E-state index contributed by atoms with van der Waals surface area (Å²) in [5.74, 6) is 0.950. The van der Waals surface area contributed by atoms with Gasteiger partial charge in [0.2, 0.25) is 15.9 Å². The first-order valence-electron chi connectivity index (χ1n) is 9.03. The second kappa shape index (κ2) is 8.93. The molecule has 0 fully saturated rings. The van der Waals surface area contributed by atoms with Gasteiger partial charge in [-0.15, -0.1) is 11.3 Å². The van der Waals surface area contributed by atoms with E-state index in [-0.39, 0.29) is 11.7 Å². The maximum atomic E-state index is 12.3. The minimum atomic E-state index is -3.23.